The fourth-order valence-corrected chi connectivity index (χ4v) is 2.54. The van der Waals surface area contributed by atoms with E-state index >= 15 is 0 Å². The predicted octanol–water partition coefficient (Wildman–Crippen LogP) is 3.93. The Balaban J connectivity index is 2.23. The van der Waals surface area contributed by atoms with Crippen molar-refractivity contribution in [2.45, 2.75) is 19.3 Å². The first-order chi connectivity index (χ1) is 8.70. The molecule has 0 aliphatic carbocycles. The lowest BCUT2D eigenvalue weighted by molar-refractivity contribution is 0.694. The molecular weight excluding hydrogens is 242 g/mol. The van der Waals surface area contributed by atoms with Gasteiger partial charge in [-0.15, -0.1) is 0 Å². The van der Waals surface area contributed by atoms with Crippen molar-refractivity contribution in [1.29, 1.82) is 0 Å². The van der Waals surface area contributed by atoms with Crippen molar-refractivity contribution >= 4 is 11.6 Å². The van der Waals surface area contributed by atoms with Gasteiger partial charge in [0.1, 0.15) is 0 Å². The summed E-state index contributed by atoms with van der Waals surface area (Å²) in [6, 6.07) is 16.5. The van der Waals surface area contributed by atoms with Crippen LogP contribution >= 0.6 is 11.6 Å². The molecule has 94 valence electrons. The summed E-state index contributed by atoms with van der Waals surface area (Å²) in [5.41, 5.74) is 9.63. The Morgan fingerprint density at radius 2 is 1.89 bits per heavy atom. The third kappa shape index (κ3) is 3.12. The molecule has 2 rings (SSSR count). The van der Waals surface area contributed by atoms with Crippen LogP contribution in [0.2, 0.25) is 5.02 Å². The number of rotatable bonds is 4. The van der Waals surface area contributed by atoms with Gasteiger partial charge in [0.15, 0.2) is 0 Å². The first kappa shape index (κ1) is 13.1. The molecule has 0 aromatic heterocycles. The second kappa shape index (κ2) is 6.03. The van der Waals surface area contributed by atoms with Crippen LogP contribution in [-0.2, 0) is 6.42 Å². The van der Waals surface area contributed by atoms with Crippen molar-refractivity contribution < 1.29 is 0 Å². The topological polar surface area (TPSA) is 26.0 Å². The predicted molar refractivity (Wildman–Crippen MR) is 78.1 cm³/mol. The molecule has 2 heteroatoms. The molecule has 0 fully saturated rings. The zero-order chi connectivity index (χ0) is 13.0. The maximum atomic E-state index is 6.24. The molecule has 0 radical (unpaired) electrons. The van der Waals surface area contributed by atoms with Crippen molar-refractivity contribution in [3.8, 4) is 0 Å². The molecule has 2 aromatic rings. The van der Waals surface area contributed by atoms with Crippen LogP contribution in [0.5, 0.6) is 0 Å². The number of hydrogen-bond donors (Lipinski definition) is 1. The van der Waals surface area contributed by atoms with Gasteiger partial charge in [-0.3, -0.25) is 0 Å². The Labute approximate surface area is 114 Å². The largest absolute Gasteiger partial charge is 0.330 e. The molecule has 2 aromatic carbocycles. The van der Waals surface area contributed by atoms with E-state index in [0.29, 0.717) is 6.54 Å². The third-order valence-electron chi connectivity index (χ3n) is 3.19. The lowest BCUT2D eigenvalue weighted by Gasteiger charge is -2.17. The van der Waals surface area contributed by atoms with E-state index in [9.17, 15) is 0 Å². The molecule has 0 heterocycles. The zero-order valence-electron chi connectivity index (χ0n) is 10.6. The minimum absolute atomic E-state index is 0.278. The Morgan fingerprint density at radius 3 is 2.56 bits per heavy atom. The van der Waals surface area contributed by atoms with Crippen LogP contribution in [0.3, 0.4) is 0 Å². The summed E-state index contributed by atoms with van der Waals surface area (Å²) in [6.07, 6.45) is 0.932. The van der Waals surface area contributed by atoms with Gasteiger partial charge in [-0.25, -0.2) is 0 Å². The molecule has 0 aliphatic heterocycles. The summed E-state index contributed by atoms with van der Waals surface area (Å²) in [6.45, 7) is 2.72. The second-order valence-electron chi connectivity index (χ2n) is 4.65. The van der Waals surface area contributed by atoms with E-state index < -0.39 is 0 Å². The van der Waals surface area contributed by atoms with Gasteiger partial charge in [-0.2, -0.15) is 0 Å². The molecule has 1 unspecified atom stereocenters. The number of hydrogen-bond acceptors (Lipinski definition) is 1. The first-order valence-electron chi connectivity index (χ1n) is 6.20. The van der Waals surface area contributed by atoms with E-state index in [1.54, 1.807) is 0 Å². The van der Waals surface area contributed by atoms with Gasteiger partial charge in [-0.05, 0) is 37.1 Å². The van der Waals surface area contributed by atoms with Gasteiger partial charge in [0.25, 0.3) is 0 Å². The molecule has 1 atom stereocenters. The van der Waals surface area contributed by atoms with E-state index in [2.05, 4.69) is 37.3 Å². The normalized spacial score (nSPS) is 12.4. The highest BCUT2D eigenvalue weighted by Gasteiger charge is 2.13. The minimum Gasteiger partial charge on any atom is -0.330 e. The first-order valence-corrected chi connectivity index (χ1v) is 6.58. The lowest BCUT2D eigenvalue weighted by atomic mass is 9.91. The van der Waals surface area contributed by atoms with Crippen LogP contribution in [0.25, 0.3) is 0 Å². The van der Waals surface area contributed by atoms with Crippen LogP contribution in [0, 0.1) is 6.92 Å². The fourth-order valence-electron chi connectivity index (χ4n) is 2.25. The molecule has 0 aliphatic rings. The van der Waals surface area contributed by atoms with Crippen LogP contribution in [0.1, 0.15) is 22.6 Å². The average Bonchev–Trinajstić information content (AvgIpc) is 2.37. The Morgan fingerprint density at radius 1 is 1.11 bits per heavy atom. The minimum atomic E-state index is 0.278. The zero-order valence-corrected chi connectivity index (χ0v) is 11.3. The smallest absolute Gasteiger partial charge is 0.0441 e. The van der Waals surface area contributed by atoms with Gasteiger partial charge in [0.2, 0.25) is 0 Å². The molecular formula is C16H18ClN. The van der Waals surface area contributed by atoms with Crippen LogP contribution in [-0.4, -0.2) is 6.54 Å². The molecule has 0 amide bonds. The van der Waals surface area contributed by atoms with Gasteiger partial charge in [0.05, 0.1) is 0 Å². The summed E-state index contributed by atoms with van der Waals surface area (Å²) in [5, 5.41) is 0.806. The Hall–Kier alpha value is -1.31. The standard InChI is InChI=1S/C16H18ClN/c1-12-5-4-6-13(9-12)10-14(11-18)15-7-2-3-8-16(15)17/h2-9,14H,10-11,18H2,1H3. The van der Waals surface area contributed by atoms with Gasteiger partial charge < -0.3 is 5.73 Å². The van der Waals surface area contributed by atoms with Crippen molar-refractivity contribution in [2.24, 2.45) is 5.73 Å². The SMILES string of the molecule is Cc1cccc(CC(CN)c2ccccc2Cl)c1. The van der Waals surface area contributed by atoms with Crippen LogP contribution < -0.4 is 5.73 Å². The Bertz CT molecular complexity index is 522. The van der Waals surface area contributed by atoms with E-state index in [-0.39, 0.29) is 5.92 Å². The fraction of sp³-hybridized carbons (Fsp3) is 0.250. The number of benzene rings is 2. The van der Waals surface area contributed by atoms with Gasteiger partial charge in [0, 0.05) is 10.9 Å². The number of halogens is 1. The van der Waals surface area contributed by atoms with E-state index in [1.807, 2.05) is 18.2 Å². The highest BCUT2D eigenvalue weighted by Crippen LogP contribution is 2.26. The van der Waals surface area contributed by atoms with Crippen LogP contribution in [0.15, 0.2) is 48.5 Å². The van der Waals surface area contributed by atoms with E-state index in [4.69, 9.17) is 17.3 Å². The highest BCUT2D eigenvalue weighted by molar-refractivity contribution is 6.31. The van der Waals surface area contributed by atoms with Crippen molar-refractivity contribution in [3.63, 3.8) is 0 Å². The van der Waals surface area contributed by atoms with E-state index in [1.165, 1.54) is 11.1 Å². The lowest BCUT2D eigenvalue weighted by Crippen LogP contribution is -2.15. The Kier molecular flexibility index (Phi) is 4.40. The second-order valence-corrected chi connectivity index (χ2v) is 5.05. The number of aryl methyl sites for hydroxylation is 1. The maximum Gasteiger partial charge on any atom is 0.0441 e. The molecule has 0 bridgehead atoms. The quantitative estimate of drug-likeness (QED) is 0.885. The van der Waals surface area contributed by atoms with E-state index in [0.717, 1.165) is 17.0 Å². The van der Waals surface area contributed by atoms with Crippen molar-refractivity contribution in [2.75, 3.05) is 6.54 Å². The average molecular weight is 260 g/mol. The number of nitrogens with two attached hydrogens (primary N) is 1. The summed E-state index contributed by atoms with van der Waals surface area (Å²) in [5.74, 6) is 0.278. The van der Waals surface area contributed by atoms with Crippen molar-refractivity contribution in [3.05, 3.63) is 70.2 Å². The maximum absolute atomic E-state index is 6.24. The van der Waals surface area contributed by atoms with Crippen molar-refractivity contribution in [1.82, 2.24) is 0 Å². The molecule has 18 heavy (non-hydrogen) atoms. The van der Waals surface area contributed by atoms with Gasteiger partial charge in [-0.1, -0.05) is 59.6 Å². The third-order valence-corrected chi connectivity index (χ3v) is 3.54. The highest BCUT2D eigenvalue weighted by atomic mass is 35.5. The summed E-state index contributed by atoms with van der Waals surface area (Å²) >= 11 is 6.24. The summed E-state index contributed by atoms with van der Waals surface area (Å²) in [7, 11) is 0. The molecule has 2 N–H and O–H groups in total. The molecule has 0 spiro atoms. The van der Waals surface area contributed by atoms with Crippen LogP contribution in [0.4, 0.5) is 0 Å². The van der Waals surface area contributed by atoms with Gasteiger partial charge >= 0.3 is 0 Å². The monoisotopic (exact) mass is 259 g/mol. The molecule has 0 saturated carbocycles. The molecule has 1 nitrogen and oxygen atoms in total. The summed E-state index contributed by atoms with van der Waals surface area (Å²) in [4.78, 5) is 0. The summed E-state index contributed by atoms with van der Waals surface area (Å²) < 4.78 is 0. The molecule has 0 saturated heterocycles.